The third-order valence-electron chi connectivity index (χ3n) is 2.14. The van der Waals surface area contributed by atoms with Gasteiger partial charge in [-0.1, -0.05) is 35.0 Å². The Bertz CT molecular complexity index is 391. The molecule has 94 valence electrons. The Hall–Kier alpha value is -0.320. The van der Waals surface area contributed by atoms with Crippen molar-refractivity contribution >= 4 is 37.9 Å². The molecule has 17 heavy (non-hydrogen) atoms. The Morgan fingerprint density at radius 2 is 2.06 bits per heavy atom. The highest BCUT2D eigenvalue weighted by Gasteiger charge is 2.07. The van der Waals surface area contributed by atoms with Crippen molar-refractivity contribution in [3.8, 4) is 5.75 Å². The van der Waals surface area contributed by atoms with Crippen LogP contribution in [0.3, 0.4) is 0 Å². The van der Waals surface area contributed by atoms with E-state index in [9.17, 15) is 0 Å². The SMILES string of the molecule is CCNCC=Cc1cc(Br)cc(Br)c1OCC. The number of ether oxygens (including phenoxy) is 1. The summed E-state index contributed by atoms with van der Waals surface area (Å²) < 4.78 is 7.65. The third kappa shape index (κ3) is 4.82. The van der Waals surface area contributed by atoms with Crippen molar-refractivity contribution in [3.05, 3.63) is 32.7 Å². The van der Waals surface area contributed by atoms with Crippen LogP contribution >= 0.6 is 31.9 Å². The predicted octanol–water partition coefficient (Wildman–Crippen LogP) is 4.23. The Balaban J connectivity index is 2.91. The smallest absolute Gasteiger partial charge is 0.140 e. The topological polar surface area (TPSA) is 21.3 Å². The fourth-order valence-electron chi connectivity index (χ4n) is 1.41. The average Bonchev–Trinajstić information content (AvgIpc) is 2.29. The molecule has 0 aliphatic heterocycles. The Morgan fingerprint density at radius 3 is 2.71 bits per heavy atom. The Kier molecular flexibility index (Phi) is 6.85. The van der Waals surface area contributed by atoms with Crippen molar-refractivity contribution in [1.29, 1.82) is 0 Å². The molecule has 1 aromatic carbocycles. The van der Waals surface area contributed by atoms with Crippen LogP contribution in [0.1, 0.15) is 19.4 Å². The lowest BCUT2D eigenvalue weighted by Gasteiger charge is -2.10. The highest BCUT2D eigenvalue weighted by atomic mass is 79.9. The van der Waals surface area contributed by atoms with Gasteiger partial charge in [0.05, 0.1) is 11.1 Å². The molecule has 0 aromatic heterocycles. The number of rotatable bonds is 6. The van der Waals surface area contributed by atoms with Crippen LogP contribution in [0.5, 0.6) is 5.75 Å². The van der Waals surface area contributed by atoms with Crippen LogP contribution in [0.15, 0.2) is 27.2 Å². The second-order valence-electron chi connectivity index (χ2n) is 3.45. The summed E-state index contributed by atoms with van der Waals surface area (Å²) in [6, 6.07) is 4.05. The summed E-state index contributed by atoms with van der Waals surface area (Å²) in [4.78, 5) is 0. The Morgan fingerprint density at radius 1 is 1.29 bits per heavy atom. The molecule has 2 nitrogen and oxygen atoms in total. The zero-order valence-corrected chi connectivity index (χ0v) is 13.3. The van der Waals surface area contributed by atoms with Gasteiger partial charge in [0.15, 0.2) is 0 Å². The monoisotopic (exact) mass is 361 g/mol. The molecular weight excluding hydrogens is 346 g/mol. The summed E-state index contributed by atoms with van der Waals surface area (Å²) >= 11 is 7.00. The first-order chi connectivity index (χ1) is 8.19. The predicted molar refractivity (Wildman–Crippen MR) is 80.6 cm³/mol. The summed E-state index contributed by atoms with van der Waals surface area (Å²) in [5.41, 5.74) is 1.08. The normalized spacial score (nSPS) is 11.1. The van der Waals surface area contributed by atoms with Crippen LogP contribution in [0.4, 0.5) is 0 Å². The number of benzene rings is 1. The maximum absolute atomic E-state index is 5.64. The van der Waals surface area contributed by atoms with Gasteiger partial charge in [0.25, 0.3) is 0 Å². The number of halogens is 2. The van der Waals surface area contributed by atoms with Crippen molar-refractivity contribution in [2.45, 2.75) is 13.8 Å². The van der Waals surface area contributed by atoms with E-state index in [1.165, 1.54) is 0 Å². The molecule has 1 rings (SSSR count). The lowest BCUT2D eigenvalue weighted by atomic mass is 10.2. The molecule has 0 radical (unpaired) electrons. The largest absolute Gasteiger partial charge is 0.492 e. The van der Waals surface area contributed by atoms with Gasteiger partial charge < -0.3 is 10.1 Å². The molecule has 0 amide bonds. The number of hydrogen-bond donors (Lipinski definition) is 1. The molecule has 0 fully saturated rings. The average molecular weight is 363 g/mol. The molecule has 0 bridgehead atoms. The quantitative estimate of drug-likeness (QED) is 0.764. The minimum absolute atomic E-state index is 0.661. The first-order valence-electron chi connectivity index (χ1n) is 5.68. The summed E-state index contributed by atoms with van der Waals surface area (Å²) in [7, 11) is 0. The summed E-state index contributed by atoms with van der Waals surface area (Å²) in [5.74, 6) is 0.892. The van der Waals surface area contributed by atoms with Gasteiger partial charge in [0, 0.05) is 16.6 Å². The van der Waals surface area contributed by atoms with Crippen LogP contribution in [0.2, 0.25) is 0 Å². The second-order valence-corrected chi connectivity index (χ2v) is 5.22. The maximum atomic E-state index is 5.64. The number of hydrogen-bond acceptors (Lipinski definition) is 2. The van der Waals surface area contributed by atoms with Crippen molar-refractivity contribution in [1.82, 2.24) is 5.32 Å². The van der Waals surface area contributed by atoms with Crippen LogP contribution in [0, 0.1) is 0 Å². The van der Waals surface area contributed by atoms with Gasteiger partial charge in [-0.05, 0) is 41.5 Å². The molecule has 4 heteroatoms. The van der Waals surface area contributed by atoms with E-state index < -0.39 is 0 Å². The summed E-state index contributed by atoms with van der Waals surface area (Å²) in [5, 5.41) is 3.25. The van der Waals surface area contributed by atoms with Gasteiger partial charge in [-0.25, -0.2) is 0 Å². The third-order valence-corrected chi connectivity index (χ3v) is 3.18. The molecule has 0 aliphatic carbocycles. The van der Waals surface area contributed by atoms with Crippen LogP contribution in [-0.4, -0.2) is 19.7 Å². The standard InChI is InChI=1S/C13H17Br2NO/c1-3-16-7-5-6-10-8-11(14)9-12(15)13(10)17-4-2/h5-6,8-9,16H,3-4,7H2,1-2H3. The van der Waals surface area contributed by atoms with Gasteiger partial charge in [-0.2, -0.15) is 0 Å². The lowest BCUT2D eigenvalue weighted by Crippen LogP contribution is -2.11. The van der Waals surface area contributed by atoms with Gasteiger partial charge in [-0.3, -0.25) is 0 Å². The summed E-state index contributed by atoms with van der Waals surface area (Å²) in [6.45, 7) is 6.58. The van der Waals surface area contributed by atoms with Gasteiger partial charge in [-0.15, -0.1) is 0 Å². The van der Waals surface area contributed by atoms with Crippen molar-refractivity contribution < 1.29 is 4.74 Å². The Labute approximate surface area is 120 Å². The summed E-state index contributed by atoms with van der Waals surface area (Å²) in [6.07, 6.45) is 4.17. The van der Waals surface area contributed by atoms with Crippen LogP contribution in [-0.2, 0) is 0 Å². The van der Waals surface area contributed by atoms with Gasteiger partial charge in [0.1, 0.15) is 5.75 Å². The molecule has 0 aliphatic rings. The fourth-order valence-corrected chi connectivity index (χ4v) is 2.79. The van der Waals surface area contributed by atoms with E-state index in [2.05, 4.69) is 62.3 Å². The minimum Gasteiger partial charge on any atom is -0.492 e. The number of likely N-dealkylation sites (N-methyl/N-ethyl adjacent to an activating group) is 1. The first kappa shape index (κ1) is 14.7. The van der Waals surface area contributed by atoms with Gasteiger partial charge >= 0.3 is 0 Å². The molecular formula is C13H17Br2NO. The first-order valence-corrected chi connectivity index (χ1v) is 7.26. The lowest BCUT2D eigenvalue weighted by molar-refractivity contribution is 0.337. The van der Waals surface area contributed by atoms with Crippen molar-refractivity contribution in [2.24, 2.45) is 0 Å². The maximum Gasteiger partial charge on any atom is 0.140 e. The fraction of sp³-hybridized carbons (Fsp3) is 0.385. The van der Waals surface area contributed by atoms with E-state index in [1.807, 2.05) is 13.0 Å². The highest BCUT2D eigenvalue weighted by Crippen LogP contribution is 2.33. The number of nitrogens with one attached hydrogen (secondary N) is 1. The molecule has 1 N–H and O–H groups in total. The zero-order chi connectivity index (χ0) is 12.7. The molecule has 0 spiro atoms. The minimum atomic E-state index is 0.661. The highest BCUT2D eigenvalue weighted by molar-refractivity contribution is 9.11. The van der Waals surface area contributed by atoms with E-state index in [1.54, 1.807) is 0 Å². The zero-order valence-electron chi connectivity index (χ0n) is 10.1. The molecule has 0 saturated heterocycles. The molecule has 0 atom stereocenters. The molecule has 0 unspecified atom stereocenters. The van der Waals surface area contributed by atoms with E-state index in [0.29, 0.717) is 6.61 Å². The van der Waals surface area contributed by atoms with Crippen molar-refractivity contribution in [3.63, 3.8) is 0 Å². The van der Waals surface area contributed by atoms with Gasteiger partial charge in [0.2, 0.25) is 0 Å². The van der Waals surface area contributed by atoms with E-state index in [-0.39, 0.29) is 0 Å². The molecule has 0 saturated carbocycles. The van der Waals surface area contributed by atoms with E-state index >= 15 is 0 Å². The molecule has 1 aromatic rings. The van der Waals surface area contributed by atoms with Crippen molar-refractivity contribution in [2.75, 3.05) is 19.7 Å². The molecule has 0 heterocycles. The second kappa shape index (κ2) is 7.90. The van der Waals surface area contributed by atoms with Crippen LogP contribution < -0.4 is 10.1 Å². The van der Waals surface area contributed by atoms with E-state index in [0.717, 1.165) is 33.3 Å². The van der Waals surface area contributed by atoms with Crippen LogP contribution in [0.25, 0.3) is 6.08 Å². The van der Waals surface area contributed by atoms with E-state index in [4.69, 9.17) is 4.74 Å².